The zero-order chi connectivity index (χ0) is 23.7. The van der Waals surface area contributed by atoms with E-state index in [9.17, 15) is 14.3 Å². The van der Waals surface area contributed by atoms with Crippen LogP contribution in [0.25, 0.3) is 10.9 Å². The van der Waals surface area contributed by atoms with Gasteiger partial charge in [0.05, 0.1) is 17.8 Å². The zero-order valence-electron chi connectivity index (χ0n) is 19.8. The maximum absolute atomic E-state index is 13.4. The Morgan fingerprint density at radius 2 is 1.82 bits per heavy atom. The molecule has 0 unspecified atom stereocenters. The minimum absolute atomic E-state index is 0.0444. The van der Waals surface area contributed by atoms with Crippen LogP contribution in [0.1, 0.15) is 34.5 Å². The van der Waals surface area contributed by atoms with Crippen LogP contribution in [0.3, 0.4) is 0 Å². The van der Waals surface area contributed by atoms with E-state index in [4.69, 9.17) is 0 Å². The van der Waals surface area contributed by atoms with Gasteiger partial charge < -0.3 is 19.9 Å². The molecular formula is C27H33FN4O2. The molecule has 3 aromatic rings. The van der Waals surface area contributed by atoms with E-state index in [0.29, 0.717) is 31.7 Å². The van der Waals surface area contributed by atoms with Crippen LogP contribution in [0.2, 0.25) is 0 Å². The SMILES string of the molecule is Cc1cc2cc(C(=O)N3CCN(CCO)CC3)cc(NCc3ccc(F)cc3)c2n1CC1CC1. The van der Waals surface area contributed by atoms with Crippen molar-refractivity contribution < 1.29 is 14.3 Å². The van der Waals surface area contributed by atoms with Crippen LogP contribution in [0.15, 0.2) is 42.5 Å². The van der Waals surface area contributed by atoms with Gasteiger partial charge in [0.25, 0.3) is 5.91 Å². The van der Waals surface area contributed by atoms with Gasteiger partial charge in [0, 0.05) is 62.5 Å². The Hall–Kier alpha value is -2.90. The second-order valence-electron chi connectivity index (χ2n) is 9.64. The maximum atomic E-state index is 13.4. The molecule has 2 aliphatic rings. The van der Waals surface area contributed by atoms with Crippen molar-refractivity contribution in [2.24, 2.45) is 5.92 Å². The molecule has 5 rings (SSSR count). The van der Waals surface area contributed by atoms with Crippen molar-refractivity contribution in [1.82, 2.24) is 14.4 Å². The molecule has 0 radical (unpaired) electrons. The molecule has 0 bridgehead atoms. The van der Waals surface area contributed by atoms with Gasteiger partial charge in [0.1, 0.15) is 5.82 Å². The van der Waals surface area contributed by atoms with Gasteiger partial charge in [-0.3, -0.25) is 9.69 Å². The van der Waals surface area contributed by atoms with Crippen molar-refractivity contribution in [3.63, 3.8) is 0 Å². The van der Waals surface area contributed by atoms with Gasteiger partial charge in [-0.1, -0.05) is 12.1 Å². The monoisotopic (exact) mass is 464 g/mol. The first-order chi connectivity index (χ1) is 16.5. The van der Waals surface area contributed by atoms with E-state index >= 15 is 0 Å². The number of carbonyl (C=O) groups excluding carboxylic acids is 1. The number of amides is 1. The Labute approximate surface area is 200 Å². The first-order valence-electron chi connectivity index (χ1n) is 12.3. The number of nitrogens with one attached hydrogen (secondary N) is 1. The van der Waals surface area contributed by atoms with E-state index in [0.717, 1.165) is 47.7 Å². The summed E-state index contributed by atoms with van der Waals surface area (Å²) in [5, 5.41) is 13.8. The highest BCUT2D eigenvalue weighted by atomic mass is 19.1. The highest BCUT2D eigenvalue weighted by Gasteiger charge is 2.26. The summed E-state index contributed by atoms with van der Waals surface area (Å²) in [6.07, 6.45) is 2.55. The number of aliphatic hydroxyl groups excluding tert-OH is 1. The molecule has 1 saturated heterocycles. The summed E-state index contributed by atoms with van der Waals surface area (Å²) < 4.78 is 15.7. The van der Waals surface area contributed by atoms with Gasteiger partial charge in [0.2, 0.25) is 0 Å². The van der Waals surface area contributed by atoms with Gasteiger partial charge in [-0.05, 0) is 61.6 Å². The average molecular weight is 465 g/mol. The van der Waals surface area contributed by atoms with E-state index in [1.54, 1.807) is 12.1 Å². The Balaban J connectivity index is 1.44. The molecule has 1 aliphatic heterocycles. The molecule has 7 heteroatoms. The van der Waals surface area contributed by atoms with Crippen molar-refractivity contribution in [1.29, 1.82) is 0 Å². The number of aromatic nitrogens is 1. The maximum Gasteiger partial charge on any atom is 0.254 e. The smallest absolute Gasteiger partial charge is 0.254 e. The molecule has 34 heavy (non-hydrogen) atoms. The fourth-order valence-electron chi connectivity index (χ4n) is 4.90. The van der Waals surface area contributed by atoms with Crippen LogP contribution in [-0.2, 0) is 13.1 Å². The zero-order valence-corrected chi connectivity index (χ0v) is 19.8. The van der Waals surface area contributed by atoms with E-state index < -0.39 is 0 Å². The lowest BCUT2D eigenvalue weighted by Gasteiger charge is -2.34. The van der Waals surface area contributed by atoms with Crippen molar-refractivity contribution in [2.75, 3.05) is 44.6 Å². The number of halogens is 1. The van der Waals surface area contributed by atoms with E-state index in [1.807, 2.05) is 17.0 Å². The quantitative estimate of drug-likeness (QED) is 0.532. The molecule has 2 N–H and O–H groups in total. The van der Waals surface area contributed by atoms with Crippen LogP contribution in [-0.4, -0.2) is 64.7 Å². The first kappa shape index (κ1) is 22.9. The fraction of sp³-hybridized carbons (Fsp3) is 0.444. The minimum Gasteiger partial charge on any atom is -0.395 e. The van der Waals surface area contributed by atoms with E-state index in [-0.39, 0.29) is 18.3 Å². The van der Waals surface area contributed by atoms with Crippen LogP contribution in [0.5, 0.6) is 0 Å². The molecule has 180 valence electrons. The largest absolute Gasteiger partial charge is 0.395 e. The lowest BCUT2D eigenvalue weighted by molar-refractivity contribution is 0.0615. The number of aryl methyl sites for hydroxylation is 1. The number of β-amino-alcohol motifs (C(OH)–C–C–N with tert-alkyl or cyclic N) is 1. The molecule has 2 fully saturated rings. The Morgan fingerprint density at radius 3 is 2.50 bits per heavy atom. The van der Waals surface area contributed by atoms with Crippen LogP contribution in [0, 0.1) is 18.7 Å². The molecule has 0 atom stereocenters. The lowest BCUT2D eigenvalue weighted by Crippen LogP contribution is -2.49. The summed E-state index contributed by atoms with van der Waals surface area (Å²) in [5.74, 6) is 0.533. The topological polar surface area (TPSA) is 60.7 Å². The summed E-state index contributed by atoms with van der Waals surface area (Å²) >= 11 is 0. The third-order valence-corrected chi connectivity index (χ3v) is 7.06. The number of aliphatic hydroxyl groups is 1. The van der Waals surface area contributed by atoms with Gasteiger partial charge >= 0.3 is 0 Å². The van der Waals surface area contributed by atoms with E-state index in [1.165, 1.54) is 30.7 Å². The van der Waals surface area contributed by atoms with Crippen LogP contribution in [0.4, 0.5) is 10.1 Å². The van der Waals surface area contributed by atoms with E-state index in [2.05, 4.69) is 27.8 Å². The molecule has 1 saturated carbocycles. The second kappa shape index (κ2) is 9.76. The number of piperazine rings is 1. The Bertz CT molecular complexity index is 1160. The van der Waals surface area contributed by atoms with Crippen molar-refractivity contribution in [2.45, 2.75) is 32.9 Å². The number of nitrogens with zero attached hydrogens (tertiary/aromatic N) is 3. The van der Waals surface area contributed by atoms with Gasteiger partial charge in [-0.25, -0.2) is 4.39 Å². The van der Waals surface area contributed by atoms with Gasteiger partial charge in [0.15, 0.2) is 0 Å². The molecule has 1 aliphatic carbocycles. The first-order valence-corrected chi connectivity index (χ1v) is 12.3. The number of rotatable bonds is 8. The fourth-order valence-corrected chi connectivity index (χ4v) is 4.90. The Kier molecular flexibility index (Phi) is 6.57. The number of fused-ring (bicyclic) bond motifs is 1. The summed E-state index contributed by atoms with van der Waals surface area (Å²) in [6.45, 7) is 7.37. The summed E-state index contributed by atoms with van der Waals surface area (Å²) in [4.78, 5) is 17.5. The van der Waals surface area contributed by atoms with Gasteiger partial charge in [-0.2, -0.15) is 0 Å². The molecule has 2 aromatic carbocycles. The summed E-state index contributed by atoms with van der Waals surface area (Å²) in [7, 11) is 0. The standard InChI is InChI=1S/C27H33FN4O2/c1-19-14-22-15-23(27(34)31-10-8-30(9-11-31)12-13-33)16-25(26(22)32(19)18-21-2-3-21)29-17-20-4-6-24(28)7-5-20/h4-7,14-16,21,29,33H,2-3,8-13,17-18H2,1H3. The number of anilines is 1. The second-order valence-corrected chi connectivity index (χ2v) is 9.64. The van der Waals surface area contributed by atoms with Crippen molar-refractivity contribution in [3.8, 4) is 0 Å². The normalized spacial score (nSPS) is 16.9. The van der Waals surface area contributed by atoms with Crippen LogP contribution >= 0.6 is 0 Å². The number of carbonyl (C=O) groups is 1. The third kappa shape index (κ3) is 4.95. The number of benzene rings is 2. The molecular weight excluding hydrogens is 431 g/mol. The molecule has 6 nitrogen and oxygen atoms in total. The molecule has 2 heterocycles. The van der Waals surface area contributed by atoms with Gasteiger partial charge in [-0.15, -0.1) is 0 Å². The third-order valence-electron chi connectivity index (χ3n) is 7.06. The predicted octanol–water partition coefficient (Wildman–Crippen LogP) is 3.86. The highest BCUT2D eigenvalue weighted by molar-refractivity contribution is 6.03. The predicted molar refractivity (Wildman–Crippen MR) is 133 cm³/mol. The molecule has 0 spiro atoms. The van der Waals surface area contributed by atoms with Crippen molar-refractivity contribution >= 4 is 22.5 Å². The number of hydrogen-bond donors (Lipinski definition) is 2. The van der Waals surface area contributed by atoms with Crippen molar-refractivity contribution in [3.05, 3.63) is 65.1 Å². The summed E-state index contributed by atoms with van der Waals surface area (Å²) in [6, 6.07) is 12.7. The van der Waals surface area contributed by atoms with Crippen LogP contribution < -0.4 is 5.32 Å². The summed E-state index contributed by atoms with van der Waals surface area (Å²) in [5.41, 5.74) is 4.96. The minimum atomic E-state index is -0.244. The molecule has 1 aromatic heterocycles. The highest BCUT2D eigenvalue weighted by Crippen LogP contribution is 2.36. The molecule has 1 amide bonds. The number of hydrogen-bond acceptors (Lipinski definition) is 4. The average Bonchev–Trinajstić information content (AvgIpc) is 3.61. The lowest BCUT2D eigenvalue weighted by atomic mass is 10.1. The Morgan fingerprint density at radius 1 is 1.09 bits per heavy atom.